The standard InChI is InChI=1S/C13H11BrN4O3/c1-21-9-3-8-6(2-7(9)14)11-12(15)16-5-17-13(11)18(8)4-10(19)20/h2-3,5H,4H2,1H3,(H,19,20)(H2,15,16,17). The number of nitrogens with two attached hydrogens (primary N) is 1. The summed E-state index contributed by atoms with van der Waals surface area (Å²) in [7, 11) is 1.55. The van der Waals surface area contributed by atoms with Crippen molar-refractivity contribution >= 4 is 49.7 Å². The number of methoxy groups -OCH3 is 1. The number of nitrogens with zero attached hydrogens (tertiary/aromatic N) is 3. The highest BCUT2D eigenvalue weighted by atomic mass is 79.9. The Morgan fingerprint density at radius 1 is 1.48 bits per heavy atom. The third-order valence-electron chi connectivity index (χ3n) is 3.24. The summed E-state index contributed by atoms with van der Waals surface area (Å²) < 4.78 is 7.59. The fourth-order valence-corrected chi connectivity index (χ4v) is 2.89. The monoisotopic (exact) mass is 350 g/mol. The molecular weight excluding hydrogens is 340 g/mol. The molecule has 0 aliphatic rings. The van der Waals surface area contributed by atoms with E-state index in [1.807, 2.05) is 6.07 Å². The predicted octanol–water partition coefficient (Wildman–Crippen LogP) is 2.02. The van der Waals surface area contributed by atoms with Crippen LogP contribution in [-0.2, 0) is 11.3 Å². The van der Waals surface area contributed by atoms with E-state index in [-0.39, 0.29) is 6.54 Å². The van der Waals surface area contributed by atoms with Gasteiger partial charge in [-0.3, -0.25) is 4.79 Å². The van der Waals surface area contributed by atoms with Gasteiger partial charge in [0.15, 0.2) is 0 Å². The van der Waals surface area contributed by atoms with Gasteiger partial charge in [-0.05, 0) is 22.0 Å². The number of halogens is 1. The Balaban J connectivity index is 2.49. The molecule has 108 valence electrons. The molecular formula is C13H11BrN4O3. The van der Waals surface area contributed by atoms with Crippen LogP contribution in [0.1, 0.15) is 0 Å². The number of hydrogen-bond acceptors (Lipinski definition) is 5. The zero-order valence-electron chi connectivity index (χ0n) is 11.0. The lowest BCUT2D eigenvalue weighted by Crippen LogP contribution is -2.09. The van der Waals surface area contributed by atoms with Gasteiger partial charge in [0.2, 0.25) is 0 Å². The topological polar surface area (TPSA) is 103 Å². The predicted molar refractivity (Wildman–Crippen MR) is 81.3 cm³/mol. The van der Waals surface area contributed by atoms with Crippen molar-refractivity contribution in [1.29, 1.82) is 0 Å². The molecule has 2 aromatic heterocycles. The van der Waals surface area contributed by atoms with Crippen LogP contribution in [0.4, 0.5) is 5.82 Å². The van der Waals surface area contributed by atoms with Gasteiger partial charge in [-0.25, -0.2) is 9.97 Å². The summed E-state index contributed by atoms with van der Waals surface area (Å²) in [5.74, 6) is -0.0532. The molecule has 1 aromatic carbocycles. The number of carbonyl (C=O) groups is 1. The maximum absolute atomic E-state index is 11.1. The largest absolute Gasteiger partial charge is 0.495 e. The van der Waals surface area contributed by atoms with Crippen molar-refractivity contribution in [2.45, 2.75) is 6.54 Å². The molecule has 3 N–H and O–H groups in total. The Kier molecular flexibility index (Phi) is 3.17. The van der Waals surface area contributed by atoms with Crippen LogP contribution in [0.2, 0.25) is 0 Å². The fraction of sp³-hybridized carbons (Fsp3) is 0.154. The summed E-state index contributed by atoms with van der Waals surface area (Å²) >= 11 is 3.42. The highest BCUT2D eigenvalue weighted by Crippen LogP contribution is 2.37. The van der Waals surface area contributed by atoms with Crippen LogP contribution in [0, 0.1) is 0 Å². The van der Waals surface area contributed by atoms with E-state index in [2.05, 4.69) is 25.9 Å². The average molecular weight is 351 g/mol. The Bertz CT molecular complexity index is 875. The average Bonchev–Trinajstić information content (AvgIpc) is 2.72. The number of carboxylic acid groups (broad SMARTS) is 1. The number of aliphatic carboxylic acids is 1. The Hall–Kier alpha value is -2.35. The molecule has 0 bridgehead atoms. The number of anilines is 1. The Labute approximate surface area is 127 Å². The van der Waals surface area contributed by atoms with Crippen LogP contribution < -0.4 is 10.5 Å². The highest BCUT2D eigenvalue weighted by Gasteiger charge is 2.18. The zero-order chi connectivity index (χ0) is 15.1. The van der Waals surface area contributed by atoms with Gasteiger partial charge >= 0.3 is 5.97 Å². The maximum atomic E-state index is 11.1. The fourth-order valence-electron chi connectivity index (χ4n) is 2.38. The zero-order valence-corrected chi connectivity index (χ0v) is 12.6. The Morgan fingerprint density at radius 2 is 2.24 bits per heavy atom. The van der Waals surface area contributed by atoms with Crippen molar-refractivity contribution in [3.63, 3.8) is 0 Å². The number of carboxylic acids is 1. The molecule has 0 atom stereocenters. The van der Waals surface area contributed by atoms with Crippen molar-refractivity contribution in [3.05, 3.63) is 22.9 Å². The molecule has 0 amide bonds. The number of fused-ring (bicyclic) bond motifs is 3. The van der Waals surface area contributed by atoms with E-state index >= 15 is 0 Å². The van der Waals surface area contributed by atoms with Crippen LogP contribution in [0.3, 0.4) is 0 Å². The first-order valence-electron chi connectivity index (χ1n) is 6.00. The molecule has 0 aliphatic heterocycles. The number of ether oxygens (including phenoxy) is 1. The second-order valence-electron chi connectivity index (χ2n) is 4.44. The summed E-state index contributed by atoms with van der Waals surface area (Å²) in [6.45, 7) is -0.221. The lowest BCUT2D eigenvalue weighted by Gasteiger charge is -2.06. The molecule has 0 radical (unpaired) electrons. The molecule has 0 saturated carbocycles. The lowest BCUT2D eigenvalue weighted by molar-refractivity contribution is -0.137. The van der Waals surface area contributed by atoms with Crippen LogP contribution >= 0.6 is 15.9 Å². The molecule has 2 heterocycles. The van der Waals surface area contributed by atoms with Gasteiger partial charge in [-0.15, -0.1) is 0 Å². The molecule has 0 saturated heterocycles. The van der Waals surface area contributed by atoms with E-state index in [9.17, 15) is 4.79 Å². The second-order valence-corrected chi connectivity index (χ2v) is 5.30. The minimum atomic E-state index is -0.965. The van der Waals surface area contributed by atoms with Gasteiger partial charge in [-0.1, -0.05) is 0 Å². The molecule has 3 rings (SSSR count). The first kappa shape index (κ1) is 13.6. The van der Waals surface area contributed by atoms with Crippen molar-refractivity contribution in [2.75, 3.05) is 12.8 Å². The van der Waals surface area contributed by atoms with Crippen molar-refractivity contribution in [3.8, 4) is 5.75 Å². The molecule has 0 aliphatic carbocycles. The number of aromatic nitrogens is 3. The first-order valence-corrected chi connectivity index (χ1v) is 6.80. The van der Waals surface area contributed by atoms with Gasteiger partial charge in [0.25, 0.3) is 0 Å². The number of benzene rings is 1. The van der Waals surface area contributed by atoms with Gasteiger partial charge in [0.1, 0.15) is 30.1 Å². The molecule has 0 spiro atoms. The molecule has 0 fully saturated rings. The first-order chi connectivity index (χ1) is 10.0. The molecule has 3 aromatic rings. The van der Waals surface area contributed by atoms with Crippen LogP contribution in [0.25, 0.3) is 21.9 Å². The quantitative estimate of drug-likeness (QED) is 0.748. The van der Waals surface area contributed by atoms with E-state index in [0.29, 0.717) is 28.1 Å². The summed E-state index contributed by atoms with van der Waals surface area (Å²) in [4.78, 5) is 19.3. The van der Waals surface area contributed by atoms with Gasteiger partial charge in [-0.2, -0.15) is 0 Å². The summed E-state index contributed by atoms with van der Waals surface area (Å²) in [6, 6.07) is 3.58. The normalized spacial score (nSPS) is 11.1. The minimum absolute atomic E-state index is 0.221. The van der Waals surface area contributed by atoms with E-state index in [1.54, 1.807) is 17.7 Å². The van der Waals surface area contributed by atoms with Crippen molar-refractivity contribution in [1.82, 2.24) is 14.5 Å². The van der Waals surface area contributed by atoms with Crippen LogP contribution in [0.15, 0.2) is 22.9 Å². The number of hydrogen-bond donors (Lipinski definition) is 2. The van der Waals surface area contributed by atoms with E-state index in [4.69, 9.17) is 15.6 Å². The second kappa shape index (κ2) is 4.88. The van der Waals surface area contributed by atoms with Crippen molar-refractivity contribution < 1.29 is 14.6 Å². The number of rotatable bonds is 3. The highest BCUT2D eigenvalue weighted by molar-refractivity contribution is 9.10. The summed E-state index contributed by atoms with van der Waals surface area (Å²) in [5, 5.41) is 10.5. The van der Waals surface area contributed by atoms with E-state index in [0.717, 1.165) is 9.86 Å². The van der Waals surface area contributed by atoms with E-state index < -0.39 is 5.97 Å². The van der Waals surface area contributed by atoms with Gasteiger partial charge < -0.3 is 20.1 Å². The lowest BCUT2D eigenvalue weighted by atomic mass is 10.2. The maximum Gasteiger partial charge on any atom is 0.323 e. The molecule has 21 heavy (non-hydrogen) atoms. The number of nitrogen functional groups attached to an aromatic ring is 1. The van der Waals surface area contributed by atoms with Crippen LogP contribution in [-0.4, -0.2) is 32.7 Å². The Morgan fingerprint density at radius 3 is 2.90 bits per heavy atom. The summed E-state index contributed by atoms with van der Waals surface area (Å²) in [5.41, 5.74) is 7.10. The van der Waals surface area contributed by atoms with Gasteiger partial charge in [0.05, 0.1) is 22.5 Å². The SMILES string of the molecule is COc1cc2c(cc1Br)c1c(N)ncnc1n2CC(=O)O. The third-order valence-corrected chi connectivity index (χ3v) is 3.86. The van der Waals surface area contributed by atoms with E-state index in [1.165, 1.54) is 6.33 Å². The van der Waals surface area contributed by atoms with Crippen molar-refractivity contribution in [2.24, 2.45) is 0 Å². The molecule has 8 heteroatoms. The van der Waals surface area contributed by atoms with Gasteiger partial charge in [0, 0.05) is 11.5 Å². The third kappa shape index (κ3) is 2.07. The molecule has 7 nitrogen and oxygen atoms in total. The molecule has 0 unspecified atom stereocenters. The summed E-state index contributed by atoms with van der Waals surface area (Å²) in [6.07, 6.45) is 1.32. The minimum Gasteiger partial charge on any atom is -0.495 e. The van der Waals surface area contributed by atoms with Crippen LogP contribution in [0.5, 0.6) is 5.75 Å². The smallest absolute Gasteiger partial charge is 0.323 e.